The second-order valence-corrected chi connectivity index (χ2v) is 14.1. The van der Waals surface area contributed by atoms with Crippen LogP contribution in [0.5, 0.6) is 0 Å². The van der Waals surface area contributed by atoms with E-state index >= 15 is 0 Å². The van der Waals surface area contributed by atoms with Crippen molar-refractivity contribution in [2.24, 2.45) is 17.3 Å². The van der Waals surface area contributed by atoms with Gasteiger partial charge in [-0.25, -0.2) is 4.98 Å². The summed E-state index contributed by atoms with van der Waals surface area (Å²) in [5.74, 6) is -1.56. The van der Waals surface area contributed by atoms with Crippen LogP contribution in [0.1, 0.15) is 112 Å². The van der Waals surface area contributed by atoms with Crippen molar-refractivity contribution in [3.05, 3.63) is 21.7 Å². The number of thiazole rings is 1. The van der Waals surface area contributed by atoms with E-state index in [-0.39, 0.29) is 35.2 Å². The molecule has 7 atom stereocenters. The van der Waals surface area contributed by atoms with Crippen LogP contribution in [0, 0.1) is 17.3 Å². The molecule has 220 valence electrons. The minimum absolute atomic E-state index is 0.00577. The number of carbonyl (C=O) groups is 2. The topological polar surface area (TPSA) is 109 Å². The number of fused-ring (bicyclic) bond motifs is 1. The zero-order chi connectivity index (χ0) is 29.3. The molecule has 2 fully saturated rings. The third-order valence-electron chi connectivity index (χ3n) is 9.28. The molecule has 2 saturated heterocycles. The highest BCUT2D eigenvalue weighted by Crippen LogP contribution is 2.45. The smallest absolute Gasteiger partial charge is 0.309 e. The lowest BCUT2D eigenvalue weighted by atomic mass is 9.73. The zero-order valence-electron chi connectivity index (χ0n) is 25.2. The summed E-state index contributed by atoms with van der Waals surface area (Å²) in [4.78, 5) is 31.2. The monoisotopic (exact) mass is 563 g/mol. The van der Waals surface area contributed by atoms with Crippen molar-refractivity contribution in [3.8, 4) is 0 Å². The van der Waals surface area contributed by atoms with E-state index in [9.17, 15) is 19.8 Å². The van der Waals surface area contributed by atoms with Crippen LogP contribution in [0.15, 0.2) is 11.0 Å². The predicted molar refractivity (Wildman–Crippen MR) is 154 cm³/mol. The van der Waals surface area contributed by atoms with E-state index in [1.165, 1.54) is 0 Å². The Labute approximate surface area is 238 Å². The van der Waals surface area contributed by atoms with Gasteiger partial charge >= 0.3 is 5.97 Å². The van der Waals surface area contributed by atoms with Gasteiger partial charge in [0.25, 0.3) is 0 Å². The van der Waals surface area contributed by atoms with E-state index in [1.54, 1.807) is 32.1 Å². The zero-order valence-corrected chi connectivity index (χ0v) is 26.1. The number of hydrogen-bond donors (Lipinski definition) is 2. The molecule has 2 aliphatic heterocycles. The Kier molecular flexibility index (Phi) is 9.90. The van der Waals surface area contributed by atoms with Gasteiger partial charge in [0.2, 0.25) is 0 Å². The number of aliphatic hydroxyl groups excluding tert-OH is 2. The molecule has 7 nitrogen and oxygen atoms in total. The number of ether oxygens (including phenoxy) is 2. The molecule has 0 amide bonds. The van der Waals surface area contributed by atoms with Gasteiger partial charge < -0.3 is 19.7 Å². The second kappa shape index (κ2) is 12.1. The lowest BCUT2D eigenvalue weighted by molar-refractivity contribution is -0.154. The van der Waals surface area contributed by atoms with Gasteiger partial charge in [0.15, 0.2) is 0 Å². The average Bonchev–Trinajstić information content (AvgIpc) is 3.25. The summed E-state index contributed by atoms with van der Waals surface area (Å²) in [5.41, 5.74) is 0.175. The normalized spacial score (nSPS) is 35.3. The average molecular weight is 564 g/mol. The summed E-state index contributed by atoms with van der Waals surface area (Å²) < 4.78 is 12.1. The first kappa shape index (κ1) is 31.9. The number of carbonyl (C=O) groups excluding carboxylic acids is 2. The van der Waals surface area contributed by atoms with Gasteiger partial charge in [0.1, 0.15) is 11.9 Å². The summed E-state index contributed by atoms with van der Waals surface area (Å²) >= 11 is 1.63. The number of nitrogens with zero attached hydrogens (tertiary/aromatic N) is 1. The maximum Gasteiger partial charge on any atom is 0.309 e. The minimum Gasteiger partial charge on any atom is -0.458 e. The molecule has 2 N–H and O–H groups in total. The first-order valence-corrected chi connectivity index (χ1v) is 15.3. The molecule has 1 aromatic heterocycles. The number of cyclic esters (lactones) is 1. The van der Waals surface area contributed by atoms with Crippen LogP contribution in [-0.2, 0) is 24.5 Å². The molecule has 3 heterocycles. The molecule has 2 aliphatic rings. The van der Waals surface area contributed by atoms with Gasteiger partial charge in [-0.1, -0.05) is 54.9 Å². The number of ketones is 1. The highest BCUT2D eigenvalue weighted by Gasteiger charge is 2.53. The fraction of sp³-hybridized carbons (Fsp3) is 0.774. The van der Waals surface area contributed by atoms with Crippen LogP contribution in [0.2, 0.25) is 0 Å². The van der Waals surface area contributed by atoms with Crippen LogP contribution in [0.4, 0.5) is 0 Å². The Morgan fingerprint density at radius 2 is 1.90 bits per heavy atom. The maximum absolute atomic E-state index is 13.3. The number of epoxide rings is 1. The molecule has 0 unspecified atom stereocenters. The Morgan fingerprint density at radius 1 is 1.23 bits per heavy atom. The Morgan fingerprint density at radius 3 is 2.54 bits per heavy atom. The van der Waals surface area contributed by atoms with Gasteiger partial charge in [0, 0.05) is 23.1 Å². The number of hydrogen-bond acceptors (Lipinski definition) is 8. The lowest BCUT2D eigenvalue weighted by Crippen LogP contribution is -2.45. The van der Waals surface area contributed by atoms with E-state index in [1.807, 2.05) is 25.3 Å². The van der Waals surface area contributed by atoms with Gasteiger partial charge in [-0.2, -0.15) is 0 Å². The molecular weight excluding hydrogens is 514 g/mol. The summed E-state index contributed by atoms with van der Waals surface area (Å²) in [5, 5.41) is 24.9. The maximum atomic E-state index is 13.3. The molecule has 0 saturated carbocycles. The largest absolute Gasteiger partial charge is 0.458 e. The summed E-state index contributed by atoms with van der Waals surface area (Å²) in [6, 6.07) is 0. The third kappa shape index (κ3) is 7.38. The SMILES string of the molecule is CCC(C)(C)c1nc(/C=C(\C)[C@@H]2C[C@@H]3O[C@]3(C)CCC[C@H](C)[C@H](O)[C@@H](C)C(=O)C(C)(C)[C@@H](O)CC(=O)O2)cs1. The van der Waals surface area contributed by atoms with E-state index in [4.69, 9.17) is 14.5 Å². The van der Waals surface area contributed by atoms with Crippen LogP contribution < -0.4 is 0 Å². The van der Waals surface area contributed by atoms with Crippen molar-refractivity contribution in [1.29, 1.82) is 0 Å². The first-order chi connectivity index (χ1) is 18.0. The Hall–Kier alpha value is -1.61. The van der Waals surface area contributed by atoms with Crippen molar-refractivity contribution in [1.82, 2.24) is 4.98 Å². The Balaban J connectivity index is 1.87. The molecule has 3 rings (SSSR count). The van der Waals surface area contributed by atoms with E-state index < -0.39 is 35.6 Å². The van der Waals surface area contributed by atoms with Crippen LogP contribution in [-0.4, -0.2) is 57.0 Å². The van der Waals surface area contributed by atoms with Crippen LogP contribution in [0.3, 0.4) is 0 Å². The molecule has 39 heavy (non-hydrogen) atoms. The molecular formula is C31H49NO6S. The molecule has 8 heteroatoms. The summed E-state index contributed by atoms with van der Waals surface area (Å²) in [6.07, 6.45) is 2.95. The highest BCUT2D eigenvalue weighted by molar-refractivity contribution is 7.09. The Bertz CT molecular complexity index is 1060. The fourth-order valence-electron chi connectivity index (χ4n) is 5.43. The van der Waals surface area contributed by atoms with Crippen LogP contribution >= 0.6 is 11.3 Å². The number of esters is 1. The van der Waals surface area contributed by atoms with Crippen LogP contribution in [0.25, 0.3) is 6.08 Å². The second-order valence-electron chi connectivity index (χ2n) is 13.3. The van der Waals surface area contributed by atoms with E-state index in [2.05, 4.69) is 27.7 Å². The molecule has 0 aromatic carbocycles. The molecule has 0 bridgehead atoms. The number of Topliss-reactive ketones (excluding diaryl/α,β-unsaturated/α-hetero) is 1. The standard InChI is InChI=1S/C31H49NO6S/c1-10-29(5,6)28-32-21(17-39-28)14-19(3)22-15-24-31(9,38-24)13-11-12-18(2)26(35)20(4)27(36)30(7,8)23(33)16-25(34)37-22/h14,17-18,20,22-24,26,33,35H,10-13,15-16H2,1-9H3/b19-14+/t18-,20+,22-,23-,24-,26-,31+/m0/s1. The van der Waals surface area contributed by atoms with Gasteiger partial charge in [-0.15, -0.1) is 11.3 Å². The number of rotatable bonds is 4. The van der Waals surface area contributed by atoms with Crippen molar-refractivity contribution in [3.63, 3.8) is 0 Å². The third-order valence-corrected chi connectivity index (χ3v) is 10.5. The van der Waals surface area contributed by atoms with Crippen molar-refractivity contribution in [2.75, 3.05) is 0 Å². The molecule has 1 aromatic rings. The minimum atomic E-state index is -1.24. The van der Waals surface area contributed by atoms with Gasteiger partial charge in [-0.3, -0.25) is 9.59 Å². The van der Waals surface area contributed by atoms with E-state index in [0.29, 0.717) is 6.42 Å². The van der Waals surface area contributed by atoms with Crippen molar-refractivity contribution in [2.45, 2.75) is 136 Å². The molecule has 0 aliphatic carbocycles. The van der Waals surface area contributed by atoms with Crippen molar-refractivity contribution >= 4 is 29.2 Å². The molecule has 0 spiro atoms. The quantitative estimate of drug-likeness (QED) is 0.349. The predicted octanol–water partition coefficient (Wildman–Crippen LogP) is 5.86. The van der Waals surface area contributed by atoms with E-state index in [0.717, 1.165) is 42.0 Å². The number of aliphatic hydroxyl groups is 2. The van der Waals surface area contributed by atoms with Crippen molar-refractivity contribution < 1.29 is 29.3 Å². The molecule has 0 radical (unpaired) electrons. The van der Waals surface area contributed by atoms with Gasteiger partial charge in [0.05, 0.1) is 46.5 Å². The lowest BCUT2D eigenvalue weighted by Gasteiger charge is -2.34. The van der Waals surface area contributed by atoms with Gasteiger partial charge in [-0.05, 0) is 50.7 Å². The summed E-state index contributed by atoms with van der Waals surface area (Å²) in [7, 11) is 0. The summed E-state index contributed by atoms with van der Waals surface area (Å²) in [6.45, 7) is 17.5. The highest BCUT2D eigenvalue weighted by atomic mass is 32.1. The fourth-order valence-corrected chi connectivity index (χ4v) is 6.41. The first-order valence-electron chi connectivity index (χ1n) is 14.4. The number of aromatic nitrogens is 1.